The molecule has 1 amide bonds. The van der Waals surface area contributed by atoms with Gasteiger partial charge >= 0.3 is 0 Å². The second kappa shape index (κ2) is 8.85. The zero-order chi connectivity index (χ0) is 16.7. The number of carbonyl (C=O) groups excluding carboxylic acids is 1. The van der Waals surface area contributed by atoms with Gasteiger partial charge in [0, 0.05) is 31.8 Å². The van der Waals surface area contributed by atoms with Crippen molar-refractivity contribution in [3.05, 3.63) is 47.0 Å². The Morgan fingerprint density at radius 3 is 2.48 bits per heavy atom. The molecule has 126 valence electrons. The molecule has 0 aromatic heterocycles. The fraction of sp³-hybridized carbons (Fsp3) is 0.526. The molecule has 0 unspecified atom stereocenters. The number of allylic oxidation sites excluding steroid dienone is 1. The highest BCUT2D eigenvalue weighted by Gasteiger charge is 2.16. The maximum absolute atomic E-state index is 11.9. The lowest BCUT2D eigenvalue weighted by molar-refractivity contribution is -0.117. The molecule has 0 bridgehead atoms. The summed E-state index contributed by atoms with van der Waals surface area (Å²) in [5, 5.41) is 12.5. The molecule has 0 spiro atoms. The second-order valence-electron chi connectivity index (χ2n) is 6.30. The van der Waals surface area contributed by atoms with Crippen molar-refractivity contribution in [1.29, 1.82) is 0 Å². The summed E-state index contributed by atoms with van der Waals surface area (Å²) in [5.41, 5.74) is 3.16. The molecule has 1 saturated heterocycles. The average molecular weight is 316 g/mol. The third-order valence-electron chi connectivity index (χ3n) is 4.31. The summed E-state index contributed by atoms with van der Waals surface area (Å²) >= 11 is 0. The van der Waals surface area contributed by atoms with Crippen molar-refractivity contribution in [2.75, 3.05) is 13.1 Å². The molecule has 2 N–H and O–H groups in total. The van der Waals surface area contributed by atoms with Crippen LogP contribution in [0.5, 0.6) is 0 Å². The lowest BCUT2D eigenvalue weighted by Gasteiger charge is -2.29. The van der Waals surface area contributed by atoms with Crippen LogP contribution in [0.25, 0.3) is 0 Å². The van der Waals surface area contributed by atoms with Gasteiger partial charge in [-0.15, -0.1) is 0 Å². The lowest BCUT2D eigenvalue weighted by atomic mass is 10.1. The molecule has 1 aromatic rings. The average Bonchev–Trinajstić information content (AvgIpc) is 2.56. The van der Waals surface area contributed by atoms with Gasteiger partial charge < -0.3 is 10.4 Å². The molecule has 4 nitrogen and oxygen atoms in total. The number of hydrogen-bond acceptors (Lipinski definition) is 3. The van der Waals surface area contributed by atoms with Crippen LogP contribution >= 0.6 is 0 Å². The van der Waals surface area contributed by atoms with Crippen molar-refractivity contribution >= 4 is 5.91 Å². The number of rotatable bonds is 6. The van der Waals surface area contributed by atoms with E-state index in [0.29, 0.717) is 6.54 Å². The van der Waals surface area contributed by atoms with Crippen molar-refractivity contribution in [3.8, 4) is 0 Å². The third kappa shape index (κ3) is 5.81. The largest absolute Gasteiger partial charge is 0.393 e. The summed E-state index contributed by atoms with van der Waals surface area (Å²) in [6.07, 6.45) is 4.43. The normalized spacial score (nSPS) is 17.3. The summed E-state index contributed by atoms with van der Waals surface area (Å²) in [7, 11) is 0. The predicted molar refractivity (Wildman–Crippen MR) is 92.9 cm³/mol. The smallest absolute Gasteiger partial charge is 0.246 e. The van der Waals surface area contributed by atoms with Gasteiger partial charge in [-0.1, -0.05) is 37.3 Å². The highest BCUT2D eigenvalue weighted by atomic mass is 16.3. The molecule has 0 saturated carbocycles. The Labute approximate surface area is 139 Å². The van der Waals surface area contributed by atoms with Crippen LogP contribution in [-0.4, -0.2) is 35.1 Å². The Balaban J connectivity index is 1.80. The first-order valence-corrected chi connectivity index (χ1v) is 8.51. The van der Waals surface area contributed by atoms with Gasteiger partial charge in [-0.2, -0.15) is 0 Å². The lowest BCUT2D eigenvalue weighted by Crippen LogP contribution is -2.35. The maximum atomic E-state index is 11.9. The van der Waals surface area contributed by atoms with E-state index in [4.69, 9.17) is 0 Å². The van der Waals surface area contributed by atoms with Crippen LogP contribution in [-0.2, 0) is 17.9 Å². The summed E-state index contributed by atoms with van der Waals surface area (Å²) in [6, 6.07) is 8.41. The number of nitrogens with one attached hydrogen (secondary N) is 1. The molecule has 1 aliphatic heterocycles. The van der Waals surface area contributed by atoms with Gasteiger partial charge in [-0.3, -0.25) is 9.69 Å². The fourth-order valence-electron chi connectivity index (χ4n) is 2.82. The molecule has 23 heavy (non-hydrogen) atoms. The SMILES string of the molecule is CCC=C(C)C(=O)NCc1ccc(CN2CCC(O)CC2)cc1. The monoisotopic (exact) mass is 316 g/mol. The third-order valence-corrected chi connectivity index (χ3v) is 4.31. The molecule has 0 aliphatic carbocycles. The summed E-state index contributed by atoms with van der Waals surface area (Å²) in [6.45, 7) is 7.28. The van der Waals surface area contributed by atoms with Crippen molar-refractivity contribution in [2.45, 2.75) is 52.3 Å². The quantitative estimate of drug-likeness (QED) is 0.793. The van der Waals surface area contributed by atoms with Gasteiger partial charge in [0.1, 0.15) is 0 Å². The topological polar surface area (TPSA) is 52.6 Å². The first-order valence-electron chi connectivity index (χ1n) is 8.51. The number of hydrogen-bond donors (Lipinski definition) is 2. The number of carbonyl (C=O) groups is 1. The molecule has 1 heterocycles. The second-order valence-corrected chi connectivity index (χ2v) is 6.30. The number of aliphatic hydroxyl groups excluding tert-OH is 1. The number of benzene rings is 1. The first kappa shape index (κ1) is 17.7. The minimum absolute atomic E-state index is 0.00259. The standard InChI is InChI=1S/C19H28N2O2/c1-3-4-15(2)19(23)20-13-16-5-7-17(8-6-16)14-21-11-9-18(22)10-12-21/h4-8,18,22H,3,9-14H2,1-2H3,(H,20,23). The van der Waals surface area contributed by atoms with Gasteiger partial charge in [0.2, 0.25) is 5.91 Å². The Hall–Kier alpha value is -1.65. The zero-order valence-electron chi connectivity index (χ0n) is 14.2. The van der Waals surface area contributed by atoms with E-state index in [2.05, 4.69) is 34.5 Å². The summed E-state index contributed by atoms with van der Waals surface area (Å²) < 4.78 is 0. The van der Waals surface area contributed by atoms with Crippen LogP contribution in [0.4, 0.5) is 0 Å². The van der Waals surface area contributed by atoms with E-state index < -0.39 is 0 Å². The Kier molecular flexibility index (Phi) is 6.81. The predicted octanol–water partition coefficient (Wildman–Crippen LogP) is 2.62. The number of nitrogens with zero attached hydrogens (tertiary/aromatic N) is 1. The van der Waals surface area contributed by atoms with Gasteiger partial charge in [-0.05, 0) is 37.3 Å². The molecule has 1 aromatic carbocycles. The Morgan fingerprint density at radius 1 is 1.26 bits per heavy atom. The van der Waals surface area contributed by atoms with E-state index in [1.165, 1.54) is 5.56 Å². The first-order chi connectivity index (χ1) is 11.1. The molecule has 2 rings (SSSR count). The van der Waals surface area contributed by atoms with Crippen LogP contribution in [0, 0.1) is 0 Å². The molecule has 1 fully saturated rings. The van der Waals surface area contributed by atoms with Crippen LogP contribution in [0.2, 0.25) is 0 Å². The van der Waals surface area contributed by atoms with Crippen molar-refractivity contribution in [1.82, 2.24) is 10.2 Å². The highest BCUT2D eigenvalue weighted by Crippen LogP contribution is 2.14. The van der Waals surface area contributed by atoms with Gasteiger partial charge in [0.15, 0.2) is 0 Å². The number of aliphatic hydroxyl groups is 1. The number of likely N-dealkylation sites (tertiary alicyclic amines) is 1. The molecular formula is C19H28N2O2. The summed E-state index contributed by atoms with van der Waals surface area (Å²) in [4.78, 5) is 14.2. The van der Waals surface area contributed by atoms with Crippen molar-refractivity contribution in [2.24, 2.45) is 0 Å². The van der Waals surface area contributed by atoms with Crippen LogP contribution < -0.4 is 5.32 Å². The Morgan fingerprint density at radius 2 is 1.87 bits per heavy atom. The van der Waals surface area contributed by atoms with Gasteiger partial charge in [0.25, 0.3) is 0 Å². The fourth-order valence-corrected chi connectivity index (χ4v) is 2.82. The zero-order valence-corrected chi connectivity index (χ0v) is 14.2. The van der Waals surface area contributed by atoms with Crippen LogP contribution in [0.3, 0.4) is 0 Å². The van der Waals surface area contributed by atoms with Crippen molar-refractivity contribution in [3.63, 3.8) is 0 Å². The summed E-state index contributed by atoms with van der Waals surface area (Å²) in [5.74, 6) is 0.00259. The van der Waals surface area contributed by atoms with E-state index in [1.807, 2.05) is 19.9 Å². The molecule has 0 radical (unpaired) electrons. The van der Waals surface area contributed by atoms with Gasteiger partial charge in [-0.25, -0.2) is 0 Å². The van der Waals surface area contributed by atoms with Crippen LogP contribution in [0.15, 0.2) is 35.9 Å². The molecule has 0 atom stereocenters. The number of amides is 1. The molecule has 4 heteroatoms. The Bertz CT molecular complexity index is 529. The van der Waals surface area contributed by atoms with Crippen LogP contribution in [0.1, 0.15) is 44.2 Å². The molecule has 1 aliphatic rings. The van der Waals surface area contributed by atoms with E-state index in [1.54, 1.807) is 0 Å². The highest BCUT2D eigenvalue weighted by molar-refractivity contribution is 5.92. The molecular weight excluding hydrogens is 288 g/mol. The number of piperidine rings is 1. The maximum Gasteiger partial charge on any atom is 0.246 e. The van der Waals surface area contributed by atoms with Gasteiger partial charge in [0.05, 0.1) is 6.10 Å². The van der Waals surface area contributed by atoms with Crippen molar-refractivity contribution < 1.29 is 9.90 Å². The minimum atomic E-state index is -0.123. The van der Waals surface area contributed by atoms with E-state index in [-0.39, 0.29) is 12.0 Å². The van der Waals surface area contributed by atoms with E-state index in [0.717, 1.165) is 50.0 Å². The van der Waals surface area contributed by atoms with E-state index in [9.17, 15) is 9.90 Å². The minimum Gasteiger partial charge on any atom is -0.393 e. The van der Waals surface area contributed by atoms with E-state index >= 15 is 0 Å².